The van der Waals surface area contributed by atoms with Gasteiger partial charge in [-0.25, -0.2) is 0 Å². The van der Waals surface area contributed by atoms with Crippen molar-refractivity contribution in [3.63, 3.8) is 0 Å². The number of aliphatic carboxylic acids is 1. The van der Waals surface area contributed by atoms with Crippen LogP contribution in [0.25, 0.3) is 11.1 Å². The molecule has 1 atom stereocenters. The van der Waals surface area contributed by atoms with Crippen molar-refractivity contribution in [2.75, 3.05) is 0 Å². The predicted octanol–water partition coefficient (Wildman–Crippen LogP) is 3.64. The highest BCUT2D eigenvalue weighted by Gasteiger charge is 2.15. The Labute approximate surface area is 126 Å². The first kappa shape index (κ1) is 15.1. The van der Waals surface area contributed by atoms with Crippen LogP contribution in [0.2, 0.25) is 0 Å². The molecule has 1 unspecified atom stereocenters. The summed E-state index contributed by atoms with van der Waals surface area (Å²) in [7, 11) is 0. The number of halogens is 1. The highest BCUT2D eigenvalue weighted by Crippen LogP contribution is 2.26. The van der Waals surface area contributed by atoms with E-state index in [1.54, 1.807) is 36.4 Å². The molecule has 0 aliphatic carbocycles. The fourth-order valence-electron chi connectivity index (χ4n) is 1.87. The number of carboxylic acid groups (broad SMARTS) is 1. The SMILES string of the molecule is CC(=O)Oc1ccc(-c2ccc(C(Cl)C(=O)O)cc2)cc1. The van der Waals surface area contributed by atoms with Crippen LogP contribution in [0, 0.1) is 0 Å². The Morgan fingerprint density at radius 2 is 1.48 bits per heavy atom. The summed E-state index contributed by atoms with van der Waals surface area (Å²) in [6.45, 7) is 1.34. The maximum Gasteiger partial charge on any atom is 0.326 e. The molecule has 0 fully saturated rings. The van der Waals surface area contributed by atoms with Gasteiger partial charge < -0.3 is 9.84 Å². The zero-order valence-electron chi connectivity index (χ0n) is 11.2. The first-order valence-corrected chi connectivity index (χ1v) is 6.66. The maximum atomic E-state index is 10.8. The van der Waals surface area contributed by atoms with Gasteiger partial charge in [0.05, 0.1) is 0 Å². The number of esters is 1. The number of carboxylic acids is 1. The van der Waals surface area contributed by atoms with Crippen molar-refractivity contribution in [1.29, 1.82) is 0 Å². The van der Waals surface area contributed by atoms with E-state index in [1.807, 2.05) is 12.1 Å². The van der Waals surface area contributed by atoms with Crippen LogP contribution in [0.1, 0.15) is 17.9 Å². The molecule has 0 radical (unpaired) electrons. The predicted molar refractivity (Wildman–Crippen MR) is 79.4 cm³/mol. The Morgan fingerprint density at radius 3 is 1.90 bits per heavy atom. The summed E-state index contributed by atoms with van der Waals surface area (Å²) < 4.78 is 4.96. The zero-order valence-corrected chi connectivity index (χ0v) is 12.0. The zero-order chi connectivity index (χ0) is 15.4. The first-order chi connectivity index (χ1) is 9.97. The van der Waals surface area contributed by atoms with Crippen LogP contribution in [0.15, 0.2) is 48.5 Å². The Balaban J connectivity index is 2.18. The molecule has 0 saturated carbocycles. The van der Waals surface area contributed by atoms with Gasteiger partial charge >= 0.3 is 11.9 Å². The molecular formula is C16H13ClO4. The van der Waals surface area contributed by atoms with E-state index in [0.29, 0.717) is 11.3 Å². The van der Waals surface area contributed by atoms with Crippen LogP contribution in [0.3, 0.4) is 0 Å². The molecule has 0 aliphatic rings. The van der Waals surface area contributed by atoms with E-state index in [9.17, 15) is 9.59 Å². The standard InChI is InChI=1S/C16H13ClO4/c1-10(18)21-14-8-6-12(7-9-14)11-2-4-13(5-3-11)15(17)16(19)20/h2-9,15H,1H3,(H,19,20). The molecule has 0 bridgehead atoms. The van der Waals surface area contributed by atoms with Gasteiger partial charge in [0.2, 0.25) is 0 Å². The molecule has 0 spiro atoms. The molecule has 5 heteroatoms. The Bertz CT molecular complexity index is 647. The van der Waals surface area contributed by atoms with Gasteiger partial charge in [0.25, 0.3) is 0 Å². The molecule has 21 heavy (non-hydrogen) atoms. The summed E-state index contributed by atoms with van der Waals surface area (Å²) in [5, 5.41) is 7.80. The molecule has 2 rings (SSSR count). The summed E-state index contributed by atoms with van der Waals surface area (Å²) in [5.41, 5.74) is 2.38. The molecule has 0 heterocycles. The number of carbonyl (C=O) groups excluding carboxylic acids is 1. The lowest BCUT2D eigenvalue weighted by molar-refractivity contribution is -0.136. The minimum Gasteiger partial charge on any atom is -0.480 e. The van der Waals surface area contributed by atoms with Crippen molar-refractivity contribution in [2.24, 2.45) is 0 Å². The molecule has 4 nitrogen and oxygen atoms in total. The second-order valence-electron chi connectivity index (χ2n) is 4.44. The molecule has 0 aromatic heterocycles. The summed E-state index contributed by atoms with van der Waals surface area (Å²) in [6.07, 6.45) is 0. The number of carbonyl (C=O) groups is 2. The summed E-state index contributed by atoms with van der Waals surface area (Å²) >= 11 is 5.76. The van der Waals surface area contributed by atoms with E-state index >= 15 is 0 Å². The van der Waals surface area contributed by atoms with Gasteiger partial charge in [-0.1, -0.05) is 36.4 Å². The van der Waals surface area contributed by atoms with E-state index in [-0.39, 0.29) is 5.97 Å². The molecule has 2 aromatic rings. The Hall–Kier alpha value is -2.33. The average Bonchev–Trinajstić information content (AvgIpc) is 2.47. The molecule has 0 amide bonds. The Morgan fingerprint density at radius 1 is 1.00 bits per heavy atom. The van der Waals surface area contributed by atoms with Crippen LogP contribution >= 0.6 is 11.6 Å². The van der Waals surface area contributed by atoms with Crippen molar-refractivity contribution in [3.05, 3.63) is 54.1 Å². The summed E-state index contributed by atoms with van der Waals surface area (Å²) in [5.74, 6) is -0.960. The summed E-state index contributed by atoms with van der Waals surface area (Å²) in [4.78, 5) is 21.6. The third kappa shape index (κ3) is 3.83. The molecule has 2 aromatic carbocycles. The number of rotatable bonds is 4. The molecule has 1 N–H and O–H groups in total. The smallest absolute Gasteiger partial charge is 0.326 e. The third-order valence-electron chi connectivity index (χ3n) is 2.87. The molecule has 108 valence electrons. The van der Waals surface area contributed by atoms with Crippen molar-refractivity contribution in [2.45, 2.75) is 12.3 Å². The van der Waals surface area contributed by atoms with Crippen LogP contribution in [0.4, 0.5) is 0 Å². The quantitative estimate of drug-likeness (QED) is 0.532. The van der Waals surface area contributed by atoms with Gasteiger partial charge in [0, 0.05) is 6.92 Å². The first-order valence-electron chi connectivity index (χ1n) is 6.23. The monoisotopic (exact) mass is 304 g/mol. The third-order valence-corrected chi connectivity index (χ3v) is 3.31. The molecule has 0 saturated heterocycles. The van der Waals surface area contributed by atoms with Gasteiger partial charge in [-0.2, -0.15) is 0 Å². The lowest BCUT2D eigenvalue weighted by Crippen LogP contribution is -2.04. The van der Waals surface area contributed by atoms with Crippen LogP contribution in [-0.4, -0.2) is 17.0 Å². The molecular weight excluding hydrogens is 292 g/mol. The highest BCUT2D eigenvalue weighted by atomic mass is 35.5. The lowest BCUT2D eigenvalue weighted by Gasteiger charge is -2.07. The second-order valence-corrected chi connectivity index (χ2v) is 4.88. The second kappa shape index (κ2) is 6.41. The number of ether oxygens (including phenoxy) is 1. The van der Waals surface area contributed by atoms with Gasteiger partial charge in [-0.05, 0) is 28.8 Å². The Kier molecular flexibility index (Phi) is 4.60. The van der Waals surface area contributed by atoms with Gasteiger partial charge in [0.1, 0.15) is 5.75 Å². The van der Waals surface area contributed by atoms with E-state index in [4.69, 9.17) is 21.4 Å². The maximum absolute atomic E-state index is 10.8. The van der Waals surface area contributed by atoms with Gasteiger partial charge in [-0.15, -0.1) is 11.6 Å². The minimum atomic E-state index is -1.07. The lowest BCUT2D eigenvalue weighted by atomic mass is 10.0. The topological polar surface area (TPSA) is 63.6 Å². The van der Waals surface area contributed by atoms with Crippen LogP contribution in [0.5, 0.6) is 5.75 Å². The van der Waals surface area contributed by atoms with E-state index in [2.05, 4.69) is 0 Å². The highest BCUT2D eigenvalue weighted by molar-refractivity contribution is 6.29. The van der Waals surface area contributed by atoms with E-state index in [0.717, 1.165) is 11.1 Å². The van der Waals surface area contributed by atoms with Gasteiger partial charge in [-0.3, -0.25) is 9.59 Å². The number of benzene rings is 2. The van der Waals surface area contributed by atoms with Crippen molar-refractivity contribution in [1.82, 2.24) is 0 Å². The average molecular weight is 305 g/mol. The number of alkyl halides is 1. The fourth-order valence-corrected chi connectivity index (χ4v) is 2.01. The molecule has 0 aliphatic heterocycles. The minimum absolute atomic E-state index is 0.367. The van der Waals surface area contributed by atoms with Crippen molar-refractivity contribution in [3.8, 4) is 16.9 Å². The normalized spacial score (nSPS) is 11.7. The largest absolute Gasteiger partial charge is 0.480 e. The van der Waals surface area contributed by atoms with E-state index in [1.165, 1.54) is 6.92 Å². The fraction of sp³-hybridized carbons (Fsp3) is 0.125. The van der Waals surface area contributed by atoms with Crippen LogP contribution in [-0.2, 0) is 9.59 Å². The van der Waals surface area contributed by atoms with Crippen LogP contribution < -0.4 is 4.74 Å². The van der Waals surface area contributed by atoms with Crippen molar-refractivity contribution < 1.29 is 19.4 Å². The van der Waals surface area contributed by atoms with Crippen molar-refractivity contribution >= 4 is 23.5 Å². The van der Waals surface area contributed by atoms with E-state index < -0.39 is 11.3 Å². The van der Waals surface area contributed by atoms with Gasteiger partial charge in [0.15, 0.2) is 5.38 Å². The number of hydrogen-bond donors (Lipinski definition) is 1. The summed E-state index contributed by atoms with van der Waals surface area (Å²) in [6, 6.07) is 14.0. The number of hydrogen-bond acceptors (Lipinski definition) is 3.